The molecule has 1 saturated heterocycles. The summed E-state index contributed by atoms with van der Waals surface area (Å²) in [5.41, 5.74) is 0. The second-order valence-electron chi connectivity index (χ2n) is 3.21. The van der Waals surface area contributed by atoms with Crippen LogP contribution in [0.3, 0.4) is 0 Å². The molecule has 1 heterocycles. The Labute approximate surface area is 70.2 Å². The van der Waals surface area contributed by atoms with E-state index in [4.69, 9.17) is 9.84 Å². The second kappa shape index (κ2) is 3.27. The number of aliphatic hydroxyl groups is 4. The SMILES string of the molecule is C[C@@]1(O)OC(CO)[C@@H](O)CC1O. The standard InChI is InChI=1S/C7H14O5/c1-7(11)6(10)2-4(9)5(3-8)12-7/h4-6,8-11H,2-3H2,1H3/t4-,5?,6?,7+/m0/s1. The Morgan fingerprint density at radius 1 is 1.50 bits per heavy atom. The lowest BCUT2D eigenvalue weighted by atomic mass is 9.97. The maximum Gasteiger partial charge on any atom is 0.189 e. The summed E-state index contributed by atoms with van der Waals surface area (Å²) >= 11 is 0. The van der Waals surface area contributed by atoms with Crippen LogP contribution in [0.25, 0.3) is 0 Å². The molecule has 0 radical (unpaired) electrons. The molecule has 12 heavy (non-hydrogen) atoms. The number of hydrogen-bond donors (Lipinski definition) is 4. The first kappa shape index (κ1) is 9.88. The summed E-state index contributed by atoms with van der Waals surface area (Å²) in [5.74, 6) is -1.67. The molecule has 2 unspecified atom stereocenters. The molecule has 0 aromatic carbocycles. The van der Waals surface area contributed by atoms with Crippen molar-refractivity contribution in [2.45, 2.75) is 37.4 Å². The Morgan fingerprint density at radius 3 is 2.58 bits per heavy atom. The minimum atomic E-state index is -1.67. The lowest BCUT2D eigenvalue weighted by molar-refractivity contribution is -0.314. The van der Waals surface area contributed by atoms with E-state index in [9.17, 15) is 15.3 Å². The highest BCUT2D eigenvalue weighted by Crippen LogP contribution is 2.26. The molecule has 4 atom stereocenters. The van der Waals surface area contributed by atoms with Gasteiger partial charge in [-0.15, -0.1) is 0 Å². The molecule has 72 valence electrons. The Morgan fingerprint density at radius 2 is 2.08 bits per heavy atom. The van der Waals surface area contributed by atoms with E-state index in [2.05, 4.69) is 0 Å². The van der Waals surface area contributed by atoms with Gasteiger partial charge in [0.25, 0.3) is 0 Å². The molecular weight excluding hydrogens is 164 g/mol. The van der Waals surface area contributed by atoms with Crippen LogP contribution in [0.15, 0.2) is 0 Å². The van der Waals surface area contributed by atoms with Crippen molar-refractivity contribution in [1.82, 2.24) is 0 Å². The van der Waals surface area contributed by atoms with Gasteiger partial charge in [0.2, 0.25) is 0 Å². The third-order valence-corrected chi connectivity index (χ3v) is 2.08. The Balaban J connectivity index is 2.63. The van der Waals surface area contributed by atoms with Crippen LogP contribution in [0, 0.1) is 0 Å². The predicted molar refractivity (Wildman–Crippen MR) is 39.2 cm³/mol. The van der Waals surface area contributed by atoms with E-state index in [0.29, 0.717) is 0 Å². The molecule has 0 spiro atoms. The largest absolute Gasteiger partial charge is 0.394 e. The molecule has 0 aromatic rings. The maximum absolute atomic E-state index is 9.37. The van der Waals surface area contributed by atoms with Crippen molar-refractivity contribution in [3.05, 3.63) is 0 Å². The van der Waals surface area contributed by atoms with Gasteiger partial charge in [0, 0.05) is 6.42 Å². The Bertz CT molecular complexity index is 158. The van der Waals surface area contributed by atoms with Gasteiger partial charge >= 0.3 is 0 Å². The van der Waals surface area contributed by atoms with Crippen molar-refractivity contribution in [1.29, 1.82) is 0 Å². The molecule has 1 aliphatic heterocycles. The van der Waals surface area contributed by atoms with Gasteiger partial charge in [0.15, 0.2) is 5.79 Å². The van der Waals surface area contributed by atoms with Gasteiger partial charge in [-0.3, -0.25) is 0 Å². The molecule has 5 heteroatoms. The fourth-order valence-electron chi connectivity index (χ4n) is 1.22. The number of hydrogen-bond acceptors (Lipinski definition) is 5. The second-order valence-corrected chi connectivity index (χ2v) is 3.21. The van der Waals surface area contributed by atoms with Crippen LogP contribution in [-0.4, -0.2) is 51.1 Å². The van der Waals surface area contributed by atoms with E-state index in [1.54, 1.807) is 0 Å². The quantitative estimate of drug-likeness (QED) is 0.380. The molecule has 1 fully saturated rings. The van der Waals surface area contributed by atoms with Gasteiger partial charge in [-0.2, -0.15) is 0 Å². The van der Waals surface area contributed by atoms with Gasteiger partial charge in [0.1, 0.15) is 12.2 Å². The van der Waals surface area contributed by atoms with Crippen molar-refractivity contribution in [3.8, 4) is 0 Å². The minimum absolute atomic E-state index is 0.0121. The van der Waals surface area contributed by atoms with E-state index < -0.39 is 24.1 Å². The zero-order valence-electron chi connectivity index (χ0n) is 6.84. The van der Waals surface area contributed by atoms with E-state index in [1.165, 1.54) is 6.92 Å². The molecule has 0 bridgehead atoms. The van der Waals surface area contributed by atoms with Crippen LogP contribution in [0.2, 0.25) is 0 Å². The van der Waals surface area contributed by atoms with E-state index in [0.717, 1.165) is 0 Å². The number of rotatable bonds is 1. The van der Waals surface area contributed by atoms with Gasteiger partial charge in [-0.05, 0) is 6.92 Å². The molecule has 0 aromatic heterocycles. The molecular formula is C7H14O5. The molecule has 1 aliphatic rings. The first-order valence-electron chi connectivity index (χ1n) is 3.84. The van der Waals surface area contributed by atoms with Crippen LogP contribution < -0.4 is 0 Å². The van der Waals surface area contributed by atoms with Crippen molar-refractivity contribution in [3.63, 3.8) is 0 Å². The maximum atomic E-state index is 9.37. The van der Waals surface area contributed by atoms with E-state index in [1.807, 2.05) is 0 Å². The summed E-state index contributed by atoms with van der Waals surface area (Å²) in [6.07, 6.45) is -2.85. The molecule has 0 amide bonds. The van der Waals surface area contributed by atoms with Crippen molar-refractivity contribution in [2.24, 2.45) is 0 Å². The molecule has 1 rings (SSSR count). The summed E-state index contributed by atoms with van der Waals surface area (Å²) < 4.78 is 4.85. The van der Waals surface area contributed by atoms with Gasteiger partial charge in [-0.25, -0.2) is 0 Å². The summed E-state index contributed by atoms with van der Waals surface area (Å²) in [5, 5.41) is 36.5. The topological polar surface area (TPSA) is 90.2 Å². The lowest BCUT2D eigenvalue weighted by Crippen LogP contribution is -2.55. The predicted octanol–water partition coefficient (Wildman–Crippen LogP) is -1.80. The fourth-order valence-corrected chi connectivity index (χ4v) is 1.22. The third kappa shape index (κ3) is 1.75. The highest BCUT2D eigenvalue weighted by atomic mass is 16.7. The van der Waals surface area contributed by atoms with Gasteiger partial charge in [-0.1, -0.05) is 0 Å². The highest BCUT2D eigenvalue weighted by Gasteiger charge is 2.43. The van der Waals surface area contributed by atoms with Crippen LogP contribution in [-0.2, 0) is 4.74 Å². The van der Waals surface area contributed by atoms with Crippen LogP contribution in [0.5, 0.6) is 0 Å². The number of aliphatic hydroxyl groups excluding tert-OH is 3. The molecule has 4 N–H and O–H groups in total. The van der Waals surface area contributed by atoms with Crippen LogP contribution in [0.1, 0.15) is 13.3 Å². The third-order valence-electron chi connectivity index (χ3n) is 2.08. The van der Waals surface area contributed by atoms with Crippen molar-refractivity contribution >= 4 is 0 Å². The zero-order valence-corrected chi connectivity index (χ0v) is 6.84. The lowest BCUT2D eigenvalue weighted by Gasteiger charge is -2.40. The van der Waals surface area contributed by atoms with Gasteiger partial charge < -0.3 is 25.2 Å². The normalized spacial score (nSPS) is 49.2. The number of ether oxygens (including phenoxy) is 1. The van der Waals surface area contributed by atoms with E-state index >= 15 is 0 Å². The molecule has 0 aliphatic carbocycles. The Kier molecular flexibility index (Phi) is 2.70. The zero-order chi connectivity index (χ0) is 9.35. The fraction of sp³-hybridized carbons (Fsp3) is 1.00. The first-order chi connectivity index (χ1) is 5.47. The Hall–Kier alpha value is -0.200. The summed E-state index contributed by atoms with van der Waals surface area (Å²) in [6, 6.07) is 0. The average molecular weight is 178 g/mol. The highest BCUT2D eigenvalue weighted by molar-refractivity contribution is 4.86. The minimum Gasteiger partial charge on any atom is -0.394 e. The van der Waals surface area contributed by atoms with Gasteiger partial charge in [0.05, 0.1) is 12.7 Å². The smallest absolute Gasteiger partial charge is 0.189 e. The van der Waals surface area contributed by atoms with E-state index in [-0.39, 0.29) is 13.0 Å². The molecule has 5 nitrogen and oxygen atoms in total. The summed E-state index contributed by atoms with van der Waals surface area (Å²) in [7, 11) is 0. The average Bonchev–Trinajstić information content (AvgIpc) is 1.97. The molecule has 0 saturated carbocycles. The first-order valence-corrected chi connectivity index (χ1v) is 3.84. The summed E-state index contributed by atoms with van der Waals surface area (Å²) in [6.45, 7) is 0.927. The van der Waals surface area contributed by atoms with Crippen LogP contribution >= 0.6 is 0 Å². The monoisotopic (exact) mass is 178 g/mol. The summed E-state index contributed by atoms with van der Waals surface area (Å²) in [4.78, 5) is 0. The van der Waals surface area contributed by atoms with Crippen molar-refractivity contribution < 1.29 is 25.2 Å². The van der Waals surface area contributed by atoms with Crippen molar-refractivity contribution in [2.75, 3.05) is 6.61 Å². The van der Waals surface area contributed by atoms with Crippen LogP contribution in [0.4, 0.5) is 0 Å².